The Morgan fingerprint density at radius 2 is 2.20 bits per heavy atom. The van der Waals surface area contributed by atoms with Crippen LogP contribution in [0.3, 0.4) is 0 Å². The maximum Gasteiger partial charge on any atom is 0.161 e. The molecule has 20 heavy (non-hydrogen) atoms. The molecule has 0 spiro atoms. The van der Waals surface area contributed by atoms with Crippen LogP contribution in [0.5, 0.6) is 11.5 Å². The summed E-state index contributed by atoms with van der Waals surface area (Å²) < 4.78 is 16.9. The standard InChI is InChI=1S/C16H25NO3/c1-18-16-11-13(5-2-3-9-17)7-8-15(16)20-14-6-4-10-19-12-14/h7-8,11,14H,2-6,9-10,12,17H2,1H3. The molecule has 1 aliphatic heterocycles. The predicted octanol–water partition coefficient (Wildman–Crippen LogP) is 2.53. The van der Waals surface area contributed by atoms with Crippen molar-refractivity contribution in [1.29, 1.82) is 0 Å². The van der Waals surface area contributed by atoms with Crippen LogP contribution >= 0.6 is 0 Å². The molecule has 112 valence electrons. The second kappa shape index (κ2) is 8.12. The molecule has 1 fully saturated rings. The quantitative estimate of drug-likeness (QED) is 0.779. The second-order valence-electron chi connectivity index (χ2n) is 5.19. The predicted molar refractivity (Wildman–Crippen MR) is 79.5 cm³/mol. The van der Waals surface area contributed by atoms with Crippen LogP contribution in [0, 0.1) is 0 Å². The molecular formula is C16H25NO3. The van der Waals surface area contributed by atoms with Gasteiger partial charge in [0.1, 0.15) is 6.10 Å². The SMILES string of the molecule is COc1cc(CCCCN)ccc1OC1CCCOC1. The molecule has 1 aliphatic rings. The summed E-state index contributed by atoms with van der Waals surface area (Å²) in [6.45, 7) is 2.26. The lowest BCUT2D eigenvalue weighted by atomic mass is 10.1. The number of hydrogen-bond acceptors (Lipinski definition) is 4. The first-order valence-corrected chi connectivity index (χ1v) is 7.45. The lowest BCUT2D eigenvalue weighted by molar-refractivity contribution is 0.00643. The third-order valence-electron chi connectivity index (χ3n) is 3.56. The molecule has 1 saturated heterocycles. The highest BCUT2D eigenvalue weighted by atomic mass is 16.5. The highest BCUT2D eigenvalue weighted by Crippen LogP contribution is 2.30. The zero-order chi connectivity index (χ0) is 14.2. The fraction of sp³-hybridized carbons (Fsp3) is 0.625. The van der Waals surface area contributed by atoms with Gasteiger partial charge in [-0.15, -0.1) is 0 Å². The summed E-state index contributed by atoms with van der Waals surface area (Å²) in [5.74, 6) is 1.62. The summed E-state index contributed by atoms with van der Waals surface area (Å²) >= 11 is 0. The van der Waals surface area contributed by atoms with Crippen LogP contribution in [0.25, 0.3) is 0 Å². The van der Waals surface area contributed by atoms with Crippen molar-refractivity contribution in [3.63, 3.8) is 0 Å². The van der Waals surface area contributed by atoms with E-state index in [4.69, 9.17) is 19.9 Å². The summed E-state index contributed by atoms with van der Waals surface area (Å²) in [6, 6.07) is 6.18. The van der Waals surface area contributed by atoms with Crippen LogP contribution in [0.15, 0.2) is 18.2 Å². The van der Waals surface area contributed by atoms with Crippen molar-refractivity contribution in [2.24, 2.45) is 5.73 Å². The van der Waals surface area contributed by atoms with Crippen LogP contribution < -0.4 is 15.2 Å². The van der Waals surface area contributed by atoms with Crippen molar-refractivity contribution in [2.45, 2.75) is 38.2 Å². The molecule has 0 amide bonds. The summed E-state index contributed by atoms with van der Waals surface area (Å²) in [7, 11) is 1.68. The van der Waals surface area contributed by atoms with Crippen LogP contribution in [-0.2, 0) is 11.2 Å². The number of unbranched alkanes of at least 4 members (excludes halogenated alkanes) is 1. The first-order valence-electron chi connectivity index (χ1n) is 7.45. The minimum absolute atomic E-state index is 0.140. The highest BCUT2D eigenvalue weighted by molar-refractivity contribution is 5.43. The molecule has 0 bridgehead atoms. The Kier molecular flexibility index (Phi) is 6.15. The van der Waals surface area contributed by atoms with Gasteiger partial charge in [0.05, 0.1) is 13.7 Å². The molecule has 4 nitrogen and oxygen atoms in total. The Bertz CT molecular complexity index is 403. The van der Waals surface area contributed by atoms with Gasteiger partial charge < -0.3 is 19.9 Å². The van der Waals surface area contributed by atoms with Crippen molar-refractivity contribution in [1.82, 2.24) is 0 Å². The first kappa shape index (κ1) is 15.1. The maximum atomic E-state index is 5.99. The molecule has 0 aliphatic carbocycles. The Labute approximate surface area is 121 Å². The van der Waals surface area contributed by atoms with E-state index in [1.807, 2.05) is 6.07 Å². The van der Waals surface area contributed by atoms with E-state index in [2.05, 4.69) is 12.1 Å². The zero-order valence-corrected chi connectivity index (χ0v) is 12.3. The van der Waals surface area contributed by atoms with Gasteiger partial charge in [-0.1, -0.05) is 6.07 Å². The maximum absolute atomic E-state index is 5.99. The average molecular weight is 279 g/mol. The van der Waals surface area contributed by atoms with Crippen LogP contribution in [0.1, 0.15) is 31.2 Å². The van der Waals surface area contributed by atoms with Crippen LogP contribution in [-0.4, -0.2) is 33.0 Å². The van der Waals surface area contributed by atoms with E-state index >= 15 is 0 Å². The smallest absolute Gasteiger partial charge is 0.161 e. The van der Waals surface area contributed by atoms with Gasteiger partial charge in [0.2, 0.25) is 0 Å². The number of hydrogen-bond donors (Lipinski definition) is 1. The molecule has 4 heteroatoms. The number of nitrogens with two attached hydrogens (primary N) is 1. The number of ether oxygens (including phenoxy) is 3. The molecule has 2 N–H and O–H groups in total. The van der Waals surface area contributed by atoms with Crippen LogP contribution in [0.2, 0.25) is 0 Å². The van der Waals surface area contributed by atoms with E-state index in [1.54, 1.807) is 7.11 Å². The van der Waals surface area contributed by atoms with Gasteiger partial charge in [0.25, 0.3) is 0 Å². The van der Waals surface area contributed by atoms with Gasteiger partial charge in [-0.3, -0.25) is 0 Å². The number of benzene rings is 1. The third-order valence-corrected chi connectivity index (χ3v) is 3.56. The summed E-state index contributed by atoms with van der Waals surface area (Å²) in [5.41, 5.74) is 6.79. The van der Waals surface area contributed by atoms with Crippen molar-refractivity contribution in [3.05, 3.63) is 23.8 Å². The van der Waals surface area contributed by atoms with Crippen molar-refractivity contribution in [3.8, 4) is 11.5 Å². The van der Waals surface area contributed by atoms with Gasteiger partial charge in [-0.25, -0.2) is 0 Å². The average Bonchev–Trinajstić information content (AvgIpc) is 2.50. The molecule has 1 atom stereocenters. The molecule has 0 aromatic heterocycles. The molecule has 1 unspecified atom stereocenters. The first-order chi connectivity index (χ1) is 9.83. The zero-order valence-electron chi connectivity index (χ0n) is 12.3. The van der Waals surface area contributed by atoms with E-state index < -0.39 is 0 Å². The number of rotatable bonds is 7. The second-order valence-corrected chi connectivity index (χ2v) is 5.19. The minimum atomic E-state index is 0.140. The molecule has 0 radical (unpaired) electrons. The summed E-state index contributed by atoms with van der Waals surface area (Å²) in [6.07, 6.45) is 5.43. The van der Waals surface area contributed by atoms with E-state index in [1.165, 1.54) is 5.56 Å². The van der Waals surface area contributed by atoms with Gasteiger partial charge in [-0.05, 0) is 56.3 Å². The molecule has 2 rings (SSSR count). The van der Waals surface area contributed by atoms with E-state index in [0.29, 0.717) is 6.61 Å². The van der Waals surface area contributed by atoms with E-state index in [0.717, 1.165) is 56.8 Å². The molecule has 0 saturated carbocycles. The fourth-order valence-corrected chi connectivity index (χ4v) is 2.42. The van der Waals surface area contributed by atoms with Gasteiger partial charge >= 0.3 is 0 Å². The van der Waals surface area contributed by atoms with Crippen molar-refractivity contribution in [2.75, 3.05) is 26.9 Å². The fourth-order valence-electron chi connectivity index (χ4n) is 2.42. The molecular weight excluding hydrogens is 254 g/mol. The lowest BCUT2D eigenvalue weighted by Gasteiger charge is -2.24. The molecule has 1 aromatic carbocycles. The number of aryl methyl sites for hydroxylation is 1. The van der Waals surface area contributed by atoms with Gasteiger partial charge in [0, 0.05) is 6.61 Å². The highest BCUT2D eigenvalue weighted by Gasteiger charge is 2.17. The Balaban J connectivity index is 1.97. The topological polar surface area (TPSA) is 53.7 Å². The van der Waals surface area contributed by atoms with E-state index in [9.17, 15) is 0 Å². The Morgan fingerprint density at radius 1 is 1.30 bits per heavy atom. The number of methoxy groups -OCH3 is 1. The van der Waals surface area contributed by atoms with Crippen LogP contribution in [0.4, 0.5) is 0 Å². The third kappa shape index (κ3) is 4.39. The largest absolute Gasteiger partial charge is 0.493 e. The summed E-state index contributed by atoms with van der Waals surface area (Å²) in [5, 5.41) is 0. The normalized spacial score (nSPS) is 18.8. The van der Waals surface area contributed by atoms with Crippen molar-refractivity contribution >= 4 is 0 Å². The molecule has 1 heterocycles. The lowest BCUT2D eigenvalue weighted by Crippen LogP contribution is -2.28. The monoisotopic (exact) mass is 279 g/mol. The van der Waals surface area contributed by atoms with E-state index in [-0.39, 0.29) is 6.10 Å². The molecule has 1 aromatic rings. The minimum Gasteiger partial charge on any atom is -0.493 e. The summed E-state index contributed by atoms with van der Waals surface area (Å²) in [4.78, 5) is 0. The Morgan fingerprint density at radius 3 is 2.90 bits per heavy atom. The van der Waals surface area contributed by atoms with Crippen molar-refractivity contribution < 1.29 is 14.2 Å². The van der Waals surface area contributed by atoms with Gasteiger partial charge in [-0.2, -0.15) is 0 Å². The van der Waals surface area contributed by atoms with Gasteiger partial charge in [0.15, 0.2) is 11.5 Å². The Hall–Kier alpha value is -1.26.